The van der Waals surface area contributed by atoms with Crippen LogP contribution in [0.25, 0.3) is 11.4 Å². The normalized spacial score (nSPS) is 29.9. The van der Waals surface area contributed by atoms with Crippen molar-refractivity contribution in [1.29, 1.82) is 0 Å². The van der Waals surface area contributed by atoms with Gasteiger partial charge in [-0.15, -0.1) is 0 Å². The number of carbonyl (C=O) groups is 1. The first-order valence-corrected chi connectivity index (χ1v) is 10.6. The number of hydrogen-bond donors (Lipinski definition) is 1. The molecule has 0 unspecified atom stereocenters. The maximum atomic E-state index is 12.7. The highest BCUT2D eigenvalue weighted by Crippen LogP contribution is 2.61. The van der Waals surface area contributed by atoms with Gasteiger partial charge in [0, 0.05) is 12.1 Å². The van der Waals surface area contributed by atoms with Crippen LogP contribution in [-0.4, -0.2) is 22.6 Å². The molecule has 1 amide bonds. The van der Waals surface area contributed by atoms with E-state index in [4.69, 9.17) is 4.52 Å². The molecule has 0 aliphatic heterocycles. The van der Waals surface area contributed by atoms with Gasteiger partial charge in [-0.25, -0.2) is 0 Å². The molecule has 4 aliphatic carbocycles. The van der Waals surface area contributed by atoms with Crippen molar-refractivity contribution in [2.24, 2.45) is 23.2 Å². The van der Waals surface area contributed by atoms with Crippen LogP contribution in [0.5, 0.6) is 0 Å². The summed E-state index contributed by atoms with van der Waals surface area (Å²) in [5, 5.41) is 6.62. The molecule has 4 saturated carbocycles. The Morgan fingerprint density at radius 1 is 1.07 bits per heavy atom. The Labute approximate surface area is 172 Å². The number of nitrogens with zero attached hydrogens (tertiary/aromatic N) is 2. The number of halogens is 3. The van der Waals surface area contributed by atoms with Crippen LogP contribution in [0.2, 0.25) is 0 Å². The SMILES string of the molecule is O=C(NCCC12CC3CC(CC(C3)C1)C2)c1nc(-c2ccc(C(F)(F)F)cc2)no1. The molecule has 5 nitrogen and oxygen atoms in total. The maximum Gasteiger partial charge on any atom is 0.416 e. The lowest BCUT2D eigenvalue weighted by Gasteiger charge is -2.57. The van der Waals surface area contributed by atoms with Crippen LogP contribution < -0.4 is 5.32 Å². The van der Waals surface area contributed by atoms with Crippen molar-refractivity contribution in [1.82, 2.24) is 15.5 Å². The fourth-order valence-corrected chi connectivity index (χ4v) is 6.35. The first-order chi connectivity index (χ1) is 14.3. The molecule has 0 radical (unpaired) electrons. The molecule has 4 aliphatic rings. The Morgan fingerprint density at radius 3 is 2.23 bits per heavy atom. The summed E-state index contributed by atoms with van der Waals surface area (Å²) >= 11 is 0. The lowest BCUT2D eigenvalue weighted by Crippen LogP contribution is -2.47. The van der Waals surface area contributed by atoms with Gasteiger partial charge in [0.15, 0.2) is 0 Å². The summed E-state index contributed by atoms with van der Waals surface area (Å²) in [6, 6.07) is 4.44. The summed E-state index contributed by atoms with van der Waals surface area (Å²) in [5.41, 5.74) is -0.0146. The molecule has 30 heavy (non-hydrogen) atoms. The number of aromatic nitrogens is 2. The Kier molecular flexibility index (Phi) is 4.63. The lowest BCUT2D eigenvalue weighted by molar-refractivity contribution is -0.137. The molecule has 6 rings (SSSR count). The molecule has 2 aromatic rings. The first-order valence-electron chi connectivity index (χ1n) is 10.6. The van der Waals surface area contributed by atoms with Crippen molar-refractivity contribution in [3.63, 3.8) is 0 Å². The third-order valence-electron chi connectivity index (χ3n) is 7.20. The molecule has 1 aromatic carbocycles. The van der Waals surface area contributed by atoms with Gasteiger partial charge < -0.3 is 9.84 Å². The maximum absolute atomic E-state index is 12.7. The van der Waals surface area contributed by atoms with E-state index in [0.717, 1.165) is 36.3 Å². The second-order valence-electron chi connectivity index (χ2n) is 9.42. The van der Waals surface area contributed by atoms with Gasteiger partial charge in [-0.05, 0) is 80.2 Å². The molecule has 0 atom stereocenters. The smallest absolute Gasteiger partial charge is 0.348 e. The van der Waals surface area contributed by atoms with Gasteiger partial charge in [0.05, 0.1) is 5.56 Å². The minimum absolute atomic E-state index is 0.0926. The predicted molar refractivity (Wildman–Crippen MR) is 102 cm³/mol. The molecule has 1 heterocycles. The molecular weight excluding hydrogens is 395 g/mol. The van der Waals surface area contributed by atoms with E-state index in [0.29, 0.717) is 17.5 Å². The minimum Gasteiger partial charge on any atom is -0.348 e. The third kappa shape index (κ3) is 3.72. The molecule has 0 spiro atoms. The zero-order valence-electron chi connectivity index (χ0n) is 16.5. The summed E-state index contributed by atoms with van der Waals surface area (Å²) < 4.78 is 43.1. The zero-order chi connectivity index (χ0) is 20.9. The molecule has 160 valence electrons. The van der Waals surface area contributed by atoms with Gasteiger partial charge >= 0.3 is 18.0 Å². The van der Waals surface area contributed by atoms with Gasteiger partial charge in [0.25, 0.3) is 0 Å². The van der Waals surface area contributed by atoms with Crippen molar-refractivity contribution in [3.05, 3.63) is 35.7 Å². The second kappa shape index (κ2) is 7.10. The lowest BCUT2D eigenvalue weighted by atomic mass is 9.49. The van der Waals surface area contributed by atoms with E-state index in [1.807, 2.05) is 0 Å². The standard InChI is InChI=1S/C22H24F3N3O2/c23-22(24,25)17-3-1-16(2-4-17)18-27-20(30-28-18)19(29)26-6-5-21-10-13-7-14(11-21)9-15(8-13)12-21/h1-4,13-15H,5-12H2,(H,26,29). The van der Waals surface area contributed by atoms with Gasteiger partial charge in [-0.3, -0.25) is 4.79 Å². The summed E-state index contributed by atoms with van der Waals surface area (Å²) in [6.45, 7) is 0.572. The van der Waals surface area contributed by atoms with Crippen LogP contribution in [0.3, 0.4) is 0 Å². The monoisotopic (exact) mass is 419 g/mol. The predicted octanol–water partition coefficient (Wildman–Crippen LogP) is 5.09. The van der Waals surface area contributed by atoms with E-state index in [-0.39, 0.29) is 11.7 Å². The van der Waals surface area contributed by atoms with Crippen LogP contribution in [0, 0.1) is 23.2 Å². The van der Waals surface area contributed by atoms with E-state index in [1.54, 1.807) is 0 Å². The van der Waals surface area contributed by atoms with Crippen LogP contribution in [-0.2, 0) is 6.18 Å². The highest BCUT2D eigenvalue weighted by molar-refractivity contribution is 5.89. The zero-order valence-corrected chi connectivity index (χ0v) is 16.5. The number of amides is 1. The van der Waals surface area contributed by atoms with Crippen LogP contribution in [0.15, 0.2) is 28.8 Å². The Morgan fingerprint density at radius 2 is 1.67 bits per heavy atom. The van der Waals surface area contributed by atoms with Gasteiger partial charge in [0.2, 0.25) is 5.82 Å². The Hall–Kier alpha value is -2.38. The molecule has 1 aromatic heterocycles. The summed E-state index contributed by atoms with van der Waals surface area (Å²) in [7, 11) is 0. The van der Waals surface area contributed by atoms with Gasteiger partial charge in [-0.1, -0.05) is 17.3 Å². The van der Waals surface area contributed by atoms with Gasteiger partial charge in [0.1, 0.15) is 0 Å². The molecule has 0 saturated heterocycles. The average Bonchev–Trinajstić information content (AvgIpc) is 3.16. The number of benzene rings is 1. The summed E-state index contributed by atoms with van der Waals surface area (Å²) in [4.78, 5) is 16.5. The van der Waals surface area contributed by atoms with Crippen LogP contribution >= 0.6 is 0 Å². The molecule has 4 fully saturated rings. The largest absolute Gasteiger partial charge is 0.416 e. The topological polar surface area (TPSA) is 68.0 Å². The highest BCUT2D eigenvalue weighted by Gasteiger charge is 2.50. The molecule has 4 bridgehead atoms. The minimum atomic E-state index is -4.41. The Bertz CT molecular complexity index is 901. The van der Waals surface area contributed by atoms with Crippen molar-refractivity contribution < 1.29 is 22.5 Å². The van der Waals surface area contributed by atoms with Crippen molar-refractivity contribution in [2.75, 3.05) is 6.54 Å². The van der Waals surface area contributed by atoms with Crippen LogP contribution in [0.4, 0.5) is 13.2 Å². The van der Waals surface area contributed by atoms with Crippen molar-refractivity contribution in [3.8, 4) is 11.4 Å². The van der Waals surface area contributed by atoms with E-state index >= 15 is 0 Å². The second-order valence-corrected chi connectivity index (χ2v) is 9.42. The Balaban J connectivity index is 1.18. The third-order valence-corrected chi connectivity index (χ3v) is 7.20. The van der Waals surface area contributed by atoms with Gasteiger partial charge in [-0.2, -0.15) is 18.2 Å². The van der Waals surface area contributed by atoms with E-state index in [1.165, 1.54) is 50.7 Å². The number of hydrogen-bond acceptors (Lipinski definition) is 4. The summed E-state index contributed by atoms with van der Waals surface area (Å²) in [5.74, 6) is 2.09. The van der Waals surface area contributed by atoms with Crippen molar-refractivity contribution >= 4 is 5.91 Å². The highest BCUT2D eigenvalue weighted by atomic mass is 19.4. The van der Waals surface area contributed by atoms with E-state index in [9.17, 15) is 18.0 Å². The van der Waals surface area contributed by atoms with E-state index < -0.39 is 17.6 Å². The van der Waals surface area contributed by atoms with E-state index in [2.05, 4.69) is 15.5 Å². The van der Waals surface area contributed by atoms with Crippen molar-refractivity contribution in [2.45, 2.75) is 51.1 Å². The number of alkyl halides is 3. The number of rotatable bonds is 5. The fraction of sp³-hybridized carbons (Fsp3) is 0.591. The quantitative estimate of drug-likeness (QED) is 0.733. The number of nitrogens with one attached hydrogen (secondary N) is 1. The summed E-state index contributed by atoms with van der Waals surface area (Å²) in [6.07, 6.45) is 4.59. The molecule has 8 heteroatoms. The molecule has 1 N–H and O–H groups in total. The average molecular weight is 419 g/mol. The molecular formula is C22H24F3N3O2. The fourth-order valence-electron chi connectivity index (χ4n) is 6.35. The van der Waals surface area contributed by atoms with Crippen LogP contribution in [0.1, 0.15) is 61.2 Å². The number of carbonyl (C=O) groups excluding carboxylic acids is 1. The first kappa shape index (κ1) is 19.6.